The lowest BCUT2D eigenvalue weighted by Gasteiger charge is -2.16. The number of nitrogens with one attached hydrogen (secondary N) is 3. The quantitative estimate of drug-likeness (QED) is 0.497. The summed E-state index contributed by atoms with van der Waals surface area (Å²) in [6, 6.07) is 5.09. The van der Waals surface area contributed by atoms with Gasteiger partial charge in [-0.15, -0.1) is 0 Å². The SMILES string of the molecule is CC(=O)Nc1cc(Nc2cc(C)nc(C(C)(F)F)n2)c(-c2cc(NC(C)C)cnn2)cn1. The minimum Gasteiger partial charge on any atom is -0.382 e. The molecule has 0 saturated carbocycles. The fourth-order valence-electron chi connectivity index (χ4n) is 2.89. The molecule has 0 aromatic carbocycles. The van der Waals surface area contributed by atoms with Crippen LogP contribution in [0.2, 0.25) is 0 Å². The van der Waals surface area contributed by atoms with Crippen LogP contribution in [0.5, 0.6) is 0 Å². The molecule has 3 rings (SSSR count). The van der Waals surface area contributed by atoms with Gasteiger partial charge in [0.25, 0.3) is 0 Å². The van der Waals surface area contributed by atoms with E-state index in [0.717, 1.165) is 12.6 Å². The standard InChI is InChI=1S/C21H24F2N8O/c1-11(2)26-14-7-17(31-25-9-14)15-10-24-18(28-13(4)32)8-16(15)29-19-6-12(3)27-20(30-19)21(5,22)23/h6-11H,1-5H3,(H,26,31)(H2,24,27,28,29,30,32). The molecule has 1 amide bonds. The Hall–Kier alpha value is -3.76. The smallest absolute Gasteiger partial charge is 0.303 e. The second kappa shape index (κ2) is 9.16. The third-order valence-electron chi connectivity index (χ3n) is 4.10. The van der Waals surface area contributed by atoms with Crippen LogP contribution in [0.15, 0.2) is 30.6 Å². The third kappa shape index (κ3) is 5.90. The second-order valence-electron chi connectivity index (χ2n) is 7.66. The van der Waals surface area contributed by atoms with Gasteiger partial charge in [-0.2, -0.15) is 19.0 Å². The van der Waals surface area contributed by atoms with Gasteiger partial charge in [0.2, 0.25) is 11.7 Å². The van der Waals surface area contributed by atoms with Crippen LogP contribution in [0.1, 0.15) is 39.2 Å². The number of hydrogen-bond donors (Lipinski definition) is 3. The van der Waals surface area contributed by atoms with Gasteiger partial charge in [-0.25, -0.2) is 15.0 Å². The second-order valence-corrected chi connectivity index (χ2v) is 7.66. The van der Waals surface area contributed by atoms with Crippen molar-refractivity contribution in [3.05, 3.63) is 42.1 Å². The van der Waals surface area contributed by atoms with Crippen LogP contribution < -0.4 is 16.0 Å². The highest BCUT2D eigenvalue weighted by Gasteiger charge is 2.29. The van der Waals surface area contributed by atoms with E-state index >= 15 is 0 Å². The number of alkyl halides is 2. The molecule has 0 saturated heterocycles. The molecule has 168 valence electrons. The van der Waals surface area contributed by atoms with E-state index in [2.05, 4.69) is 41.1 Å². The summed E-state index contributed by atoms with van der Waals surface area (Å²) in [6.45, 7) is 7.69. The Labute approximate surface area is 184 Å². The van der Waals surface area contributed by atoms with E-state index in [0.29, 0.717) is 22.6 Å². The molecule has 32 heavy (non-hydrogen) atoms. The van der Waals surface area contributed by atoms with Crippen LogP contribution in [0.25, 0.3) is 11.3 Å². The Bertz CT molecular complexity index is 1130. The Balaban J connectivity index is 2.07. The zero-order chi connectivity index (χ0) is 23.5. The number of nitrogens with zero attached hydrogens (tertiary/aromatic N) is 5. The van der Waals surface area contributed by atoms with Crippen LogP contribution in [-0.2, 0) is 10.7 Å². The molecule has 11 heteroatoms. The molecule has 3 heterocycles. The number of rotatable bonds is 7. The predicted molar refractivity (Wildman–Crippen MR) is 118 cm³/mol. The molecule has 0 aliphatic rings. The van der Waals surface area contributed by atoms with E-state index in [9.17, 15) is 13.6 Å². The molecule has 0 atom stereocenters. The predicted octanol–water partition coefficient (Wildman–Crippen LogP) is 4.27. The van der Waals surface area contributed by atoms with Gasteiger partial charge in [0.05, 0.1) is 23.3 Å². The highest BCUT2D eigenvalue weighted by molar-refractivity contribution is 5.90. The first-order valence-corrected chi connectivity index (χ1v) is 9.89. The zero-order valence-corrected chi connectivity index (χ0v) is 18.4. The number of aryl methyl sites for hydroxylation is 1. The number of carbonyl (C=O) groups excluding carboxylic acids is 1. The van der Waals surface area contributed by atoms with Crippen molar-refractivity contribution >= 4 is 28.9 Å². The average molecular weight is 442 g/mol. The molecular weight excluding hydrogens is 418 g/mol. The van der Waals surface area contributed by atoms with Gasteiger partial charge in [0, 0.05) is 49.5 Å². The Kier molecular flexibility index (Phi) is 6.56. The topological polar surface area (TPSA) is 118 Å². The molecule has 3 aromatic heterocycles. The van der Waals surface area contributed by atoms with Crippen molar-refractivity contribution < 1.29 is 13.6 Å². The van der Waals surface area contributed by atoms with Crippen molar-refractivity contribution in [3.63, 3.8) is 0 Å². The number of amides is 1. The molecule has 0 aliphatic heterocycles. The maximum absolute atomic E-state index is 13.8. The third-order valence-corrected chi connectivity index (χ3v) is 4.10. The Morgan fingerprint density at radius 1 is 1.09 bits per heavy atom. The summed E-state index contributed by atoms with van der Waals surface area (Å²) < 4.78 is 27.6. The van der Waals surface area contributed by atoms with Crippen molar-refractivity contribution in [2.45, 2.75) is 46.6 Å². The lowest BCUT2D eigenvalue weighted by atomic mass is 10.1. The van der Waals surface area contributed by atoms with Gasteiger partial charge in [-0.1, -0.05) is 0 Å². The fraction of sp³-hybridized carbons (Fsp3) is 0.333. The van der Waals surface area contributed by atoms with E-state index in [1.807, 2.05) is 13.8 Å². The number of anilines is 4. The average Bonchev–Trinajstić information content (AvgIpc) is 2.66. The fourth-order valence-corrected chi connectivity index (χ4v) is 2.89. The van der Waals surface area contributed by atoms with Gasteiger partial charge >= 0.3 is 5.92 Å². The Morgan fingerprint density at radius 2 is 1.84 bits per heavy atom. The van der Waals surface area contributed by atoms with Gasteiger partial charge in [-0.05, 0) is 26.8 Å². The van der Waals surface area contributed by atoms with E-state index in [1.165, 1.54) is 13.1 Å². The molecule has 0 radical (unpaired) electrons. The lowest BCUT2D eigenvalue weighted by Crippen LogP contribution is -2.14. The molecule has 3 aromatic rings. The van der Waals surface area contributed by atoms with Crippen LogP contribution >= 0.6 is 0 Å². The van der Waals surface area contributed by atoms with E-state index < -0.39 is 11.7 Å². The summed E-state index contributed by atoms with van der Waals surface area (Å²) >= 11 is 0. The van der Waals surface area contributed by atoms with Crippen LogP contribution in [0, 0.1) is 6.92 Å². The van der Waals surface area contributed by atoms with Gasteiger partial charge in [-0.3, -0.25) is 4.79 Å². The first-order valence-electron chi connectivity index (χ1n) is 9.89. The highest BCUT2D eigenvalue weighted by Crippen LogP contribution is 2.32. The number of halogens is 2. The summed E-state index contributed by atoms with van der Waals surface area (Å²) in [4.78, 5) is 23.5. The molecule has 0 bridgehead atoms. The lowest BCUT2D eigenvalue weighted by molar-refractivity contribution is -0.114. The molecule has 0 aliphatic carbocycles. The maximum Gasteiger partial charge on any atom is 0.303 e. The number of pyridine rings is 1. The first-order chi connectivity index (χ1) is 15.0. The van der Waals surface area contributed by atoms with E-state index in [1.54, 1.807) is 31.3 Å². The monoisotopic (exact) mass is 442 g/mol. The normalized spacial score (nSPS) is 11.4. The van der Waals surface area contributed by atoms with Crippen LogP contribution in [-0.4, -0.2) is 37.1 Å². The maximum atomic E-state index is 13.8. The number of aromatic nitrogens is 5. The van der Waals surface area contributed by atoms with Gasteiger partial charge in [0.1, 0.15) is 11.6 Å². The summed E-state index contributed by atoms with van der Waals surface area (Å²) in [5.41, 5.74) is 2.61. The van der Waals surface area contributed by atoms with Crippen LogP contribution in [0.4, 0.5) is 31.8 Å². The van der Waals surface area contributed by atoms with Crippen molar-refractivity contribution in [1.29, 1.82) is 0 Å². The molecule has 9 nitrogen and oxygen atoms in total. The van der Waals surface area contributed by atoms with E-state index in [-0.39, 0.29) is 23.6 Å². The van der Waals surface area contributed by atoms with E-state index in [4.69, 9.17) is 0 Å². The molecule has 0 unspecified atom stereocenters. The van der Waals surface area contributed by atoms with Crippen molar-refractivity contribution in [3.8, 4) is 11.3 Å². The molecule has 3 N–H and O–H groups in total. The summed E-state index contributed by atoms with van der Waals surface area (Å²) in [7, 11) is 0. The summed E-state index contributed by atoms with van der Waals surface area (Å²) in [5, 5.41) is 17.1. The first kappa shape index (κ1) is 22.9. The van der Waals surface area contributed by atoms with Gasteiger partial charge < -0.3 is 16.0 Å². The van der Waals surface area contributed by atoms with Crippen molar-refractivity contribution in [2.75, 3.05) is 16.0 Å². The minimum absolute atomic E-state index is 0.166. The van der Waals surface area contributed by atoms with Gasteiger partial charge in [0.15, 0.2) is 0 Å². The number of hydrogen-bond acceptors (Lipinski definition) is 8. The largest absolute Gasteiger partial charge is 0.382 e. The number of carbonyl (C=O) groups is 1. The molecular formula is C21H24F2N8O. The Morgan fingerprint density at radius 3 is 2.50 bits per heavy atom. The molecule has 0 spiro atoms. The zero-order valence-electron chi connectivity index (χ0n) is 18.4. The summed E-state index contributed by atoms with van der Waals surface area (Å²) in [6.07, 6.45) is 3.11. The van der Waals surface area contributed by atoms with Crippen LogP contribution in [0.3, 0.4) is 0 Å². The summed E-state index contributed by atoms with van der Waals surface area (Å²) in [5.74, 6) is -3.65. The van der Waals surface area contributed by atoms with Crippen molar-refractivity contribution in [1.82, 2.24) is 25.1 Å². The molecule has 0 fully saturated rings. The van der Waals surface area contributed by atoms with Crippen molar-refractivity contribution in [2.24, 2.45) is 0 Å². The highest BCUT2D eigenvalue weighted by atomic mass is 19.3. The minimum atomic E-state index is -3.20.